The van der Waals surface area contributed by atoms with E-state index in [4.69, 9.17) is 16.3 Å². The lowest BCUT2D eigenvalue weighted by molar-refractivity contribution is -0.123. The van der Waals surface area contributed by atoms with Crippen molar-refractivity contribution in [2.45, 2.75) is 13.0 Å². The Morgan fingerprint density at radius 3 is 2.43 bits per heavy atom. The molecule has 0 saturated carbocycles. The zero-order valence-corrected chi connectivity index (χ0v) is 16.3. The summed E-state index contributed by atoms with van der Waals surface area (Å²) in [5.41, 5.74) is 2.68. The lowest BCUT2D eigenvalue weighted by Crippen LogP contribution is -2.31. The normalized spacial score (nSPS) is 11.9. The molecule has 4 nitrogen and oxygen atoms in total. The molecule has 0 bridgehead atoms. The molecule has 0 heterocycles. The Hall–Kier alpha value is -3.11. The molecule has 0 unspecified atom stereocenters. The number of carbonyl (C=O) groups is 1. The Kier molecular flexibility index (Phi) is 6.82. The molecule has 0 aliphatic rings. The Balaban J connectivity index is 1.50. The van der Waals surface area contributed by atoms with Crippen molar-refractivity contribution in [3.05, 3.63) is 95.0 Å². The maximum absolute atomic E-state index is 12.1. The van der Waals surface area contributed by atoms with E-state index in [1.807, 2.05) is 79.7 Å². The average molecular weight is 393 g/mol. The number of hydrogen-bond acceptors (Lipinski definition) is 3. The van der Waals surface area contributed by atoms with Gasteiger partial charge in [0.2, 0.25) is 0 Å². The highest BCUT2D eigenvalue weighted by atomic mass is 35.5. The van der Waals surface area contributed by atoms with Crippen LogP contribution in [0.4, 0.5) is 5.69 Å². The van der Waals surface area contributed by atoms with Gasteiger partial charge in [0, 0.05) is 6.21 Å². The number of aliphatic imine (C=N–C) groups is 1. The fourth-order valence-corrected chi connectivity index (χ4v) is 2.79. The number of halogens is 1. The molecular weight excluding hydrogens is 372 g/mol. The highest BCUT2D eigenvalue weighted by molar-refractivity contribution is 6.33. The second kappa shape index (κ2) is 9.72. The van der Waals surface area contributed by atoms with Crippen LogP contribution in [-0.2, 0) is 4.79 Å². The van der Waals surface area contributed by atoms with Crippen molar-refractivity contribution < 1.29 is 9.53 Å². The van der Waals surface area contributed by atoms with E-state index in [-0.39, 0.29) is 18.6 Å². The number of para-hydroxylation sites is 1. The van der Waals surface area contributed by atoms with Crippen molar-refractivity contribution >= 4 is 29.4 Å². The lowest BCUT2D eigenvalue weighted by Gasteiger charge is -2.14. The minimum absolute atomic E-state index is 0.0375. The molecule has 28 heavy (non-hydrogen) atoms. The second-order valence-electron chi connectivity index (χ2n) is 6.27. The van der Waals surface area contributed by atoms with Gasteiger partial charge in [0.1, 0.15) is 5.75 Å². The topological polar surface area (TPSA) is 50.7 Å². The number of benzene rings is 3. The number of amides is 1. The van der Waals surface area contributed by atoms with Gasteiger partial charge in [0.15, 0.2) is 6.61 Å². The van der Waals surface area contributed by atoms with E-state index >= 15 is 0 Å². The lowest BCUT2D eigenvalue weighted by atomic mass is 10.1. The fraction of sp³-hybridized carbons (Fsp3) is 0.130. The van der Waals surface area contributed by atoms with Crippen LogP contribution in [0.15, 0.2) is 83.9 Å². The van der Waals surface area contributed by atoms with Gasteiger partial charge in [-0.05, 0) is 54.4 Å². The van der Waals surface area contributed by atoms with Crippen LogP contribution in [0.25, 0.3) is 0 Å². The standard InChI is InChI=1S/C23H21ClN2O2/c1-17(19-7-3-2-4-8-19)26-23(27)16-28-20-13-11-18(12-14-20)15-25-22-10-6-5-9-21(22)24/h2-15,17H,16H2,1H3,(H,26,27)/t17-/m1/s1. The monoisotopic (exact) mass is 392 g/mol. The molecule has 0 radical (unpaired) electrons. The average Bonchev–Trinajstić information content (AvgIpc) is 2.73. The van der Waals surface area contributed by atoms with Crippen LogP contribution in [-0.4, -0.2) is 18.7 Å². The minimum Gasteiger partial charge on any atom is -0.484 e. The van der Waals surface area contributed by atoms with E-state index in [0.29, 0.717) is 16.5 Å². The molecule has 1 N–H and O–H groups in total. The van der Waals surface area contributed by atoms with Crippen LogP contribution in [0.5, 0.6) is 5.75 Å². The summed E-state index contributed by atoms with van der Waals surface area (Å²) >= 11 is 6.09. The molecule has 3 rings (SSSR count). The van der Waals surface area contributed by atoms with Crippen molar-refractivity contribution in [2.24, 2.45) is 4.99 Å². The van der Waals surface area contributed by atoms with Gasteiger partial charge in [0.05, 0.1) is 16.8 Å². The molecule has 0 aromatic heterocycles. The van der Waals surface area contributed by atoms with Crippen LogP contribution in [0.2, 0.25) is 5.02 Å². The molecule has 0 spiro atoms. The highest BCUT2D eigenvalue weighted by Gasteiger charge is 2.09. The van der Waals surface area contributed by atoms with Crippen molar-refractivity contribution in [2.75, 3.05) is 6.61 Å². The van der Waals surface area contributed by atoms with Gasteiger partial charge in [0.25, 0.3) is 5.91 Å². The summed E-state index contributed by atoms with van der Waals surface area (Å²) in [6, 6.07) is 24.5. The fourth-order valence-electron chi connectivity index (χ4n) is 2.61. The molecule has 142 valence electrons. The van der Waals surface area contributed by atoms with Crippen molar-refractivity contribution in [3.63, 3.8) is 0 Å². The summed E-state index contributed by atoms with van der Waals surface area (Å²) in [5.74, 6) is 0.457. The highest BCUT2D eigenvalue weighted by Crippen LogP contribution is 2.23. The molecule has 0 saturated heterocycles. The Morgan fingerprint density at radius 1 is 1.04 bits per heavy atom. The van der Waals surface area contributed by atoms with E-state index in [2.05, 4.69) is 10.3 Å². The first kappa shape index (κ1) is 19.6. The van der Waals surface area contributed by atoms with Gasteiger partial charge in [-0.15, -0.1) is 0 Å². The summed E-state index contributed by atoms with van der Waals surface area (Å²) < 4.78 is 5.56. The molecule has 5 heteroatoms. The molecule has 1 atom stereocenters. The first-order chi connectivity index (χ1) is 13.6. The molecule has 0 aliphatic carbocycles. The first-order valence-corrected chi connectivity index (χ1v) is 9.35. The summed E-state index contributed by atoms with van der Waals surface area (Å²) in [6.45, 7) is 1.91. The van der Waals surface area contributed by atoms with E-state index in [1.54, 1.807) is 12.3 Å². The zero-order valence-electron chi connectivity index (χ0n) is 15.5. The molecule has 3 aromatic carbocycles. The van der Waals surface area contributed by atoms with Crippen LogP contribution in [0.1, 0.15) is 24.1 Å². The third-order valence-electron chi connectivity index (χ3n) is 4.13. The molecule has 0 aliphatic heterocycles. The van der Waals surface area contributed by atoms with E-state index < -0.39 is 0 Å². The van der Waals surface area contributed by atoms with E-state index in [0.717, 1.165) is 11.1 Å². The predicted octanol–water partition coefficient (Wildman–Crippen LogP) is 5.35. The number of ether oxygens (including phenoxy) is 1. The smallest absolute Gasteiger partial charge is 0.258 e. The van der Waals surface area contributed by atoms with Gasteiger partial charge in [-0.1, -0.05) is 54.1 Å². The van der Waals surface area contributed by atoms with Crippen molar-refractivity contribution in [1.29, 1.82) is 0 Å². The molecule has 3 aromatic rings. The maximum atomic E-state index is 12.1. The predicted molar refractivity (Wildman–Crippen MR) is 114 cm³/mol. The number of hydrogen-bond donors (Lipinski definition) is 1. The zero-order chi connectivity index (χ0) is 19.8. The molecule has 1 amide bonds. The summed E-state index contributed by atoms with van der Waals surface area (Å²) in [6.07, 6.45) is 1.74. The maximum Gasteiger partial charge on any atom is 0.258 e. The number of rotatable bonds is 7. The van der Waals surface area contributed by atoms with Crippen molar-refractivity contribution in [1.82, 2.24) is 5.32 Å². The van der Waals surface area contributed by atoms with E-state index in [9.17, 15) is 4.79 Å². The third-order valence-corrected chi connectivity index (χ3v) is 4.45. The van der Waals surface area contributed by atoms with Gasteiger partial charge in [-0.2, -0.15) is 0 Å². The second-order valence-corrected chi connectivity index (χ2v) is 6.67. The Labute approximate surface area is 169 Å². The van der Waals surface area contributed by atoms with E-state index in [1.165, 1.54) is 0 Å². The number of nitrogens with one attached hydrogen (secondary N) is 1. The Bertz CT molecular complexity index is 940. The van der Waals surface area contributed by atoms with Gasteiger partial charge in [-0.3, -0.25) is 9.79 Å². The van der Waals surface area contributed by atoms with Crippen LogP contribution < -0.4 is 10.1 Å². The molecule has 0 fully saturated rings. The first-order valence-electron chi connectivity index (χ1n) is 8.97. The van der Waals surface area contributed by atoms with Crippen LogP contribution in [0.3, 0.4) is 0 Å². The van der Waals surface area contributed by atoms with Crippen LogP contribution >= 0.6 is 11.6 Å². The summed E-state index contributed by atoms with van der Waals surface area (Å²) in [5, 5.41) is 3.53. The quantitative estimate of drug-likeness (QED) is 0.551. The number of carbonyl (C=O) groups excluding carboxylic acids is 1. The molecular formula is C23H21ClN2O2. The Morgan fingerprint density at radius 2 is 1.71 bits per heavy atom. The van der Waals surface area contributed by atoms with Crippen LogP contribution in [0, 0.1) is 0 Å². The summed E-state index contributed by atoms with van der Waals surface area (Å²) in [4.78, 5) is 16.5. The van der Waals surface area contributed by atoms with Gasteiger partial charge >= 0.3 is 0 Å². The van der Waals surface area contributed by atoms with Gasteiger partial charge in [-0.25, -0.2) is 0 Å². The largest absolute Gasteiger partial charge is 0.484 e. The van der Waals surface area contributed by atoms with Gasteiger partial charge < -0.3 is 10.1 Å². The van der Waals surface area contributed by atoms with Crippen molar-refractivity contribution in [3.8, 4) is 5.75 Å². The third kappa shape index (κ3) is 5.69. The number of nitrogens with zero attached hydrogens (tertiary/aromatic N) is 1. The minimum atomic E-state index is -0.166. The summed E-state index contributed by atoms with van der Waals surface area (Å²) in [7, 11) is 0. The SMILES string of the molecule is C[C@@H](NC(=O)COc1ccc(C=Nc2ccccc2Cl)cc1)c1ccccc1.